The van der Waals surface area contributed by atoms with Crippen molar-refractivity contribution >= 4 is 29.1 Å². The van der Waals surface area contributed by atoms with Gasteiger partial charge in [0.2, 0.25) is 17.7 Å². The Balaban J connectivity index is 1.49. The van der Waals surface area contributed by atoms with E-state index in [0.717, 1.165) is 31.2 Å². The van der Waals surface area contributed by atoms with Gasteiger partial charge < -0.3 is 15.8 Å². The SMILES string of the molecule is NC(=O)c1cccc(Oc2ccc(NC(=O)C3(c4cccc(Cl)c4)CCCC3)cn2)c1. The number of hydrogen-bond acceptors (Lipinski definition) is 4. The molecule has 0 aliphatic heterocycles. The zero-order valence-electron chi connectivity index (χ0n) is 16.8. The van der Waals surface area contributed by atoms with E-state index in [1.165, 1.54) is 0 Å². The molecular formula is C24H22ClN3O3. The molecule has 1 aliphatic carbocycles. The molecule has 0 spiro atoms. The highest BCUT2D eigenvalue weighted by Crippen LogP contribution is 2.42. The van der Waals surface area contributed by atoms with Gasteiger partial charge in [0.1, 0.15) is 5.75 Å². The molecule has 0 bridgehead atoms. The largest absolute Gasteiger partial charge is 0.439 e. The zero-order chi connectivity index (χ0) is 21.8. The molecular weight excluding hydrogens is 414 g/mol. The number of benzene rings is 2. The molecule has 1 saturated carbocycles. The first kappa shape index (κ1) is 20.9. The van der Waals surface area contributed by atoms with Gasteiger partial charge in [-0.1, -0.05) is 42.6 Å². The number of ether oxygens (including phenoxy) is 1. The quantitative estimate of drug-likeness (QED) is 0.564. The first-order valence-electron chi connectivity index (χ1n) is 10.1. The molecule has 0 atom stereocenters. The number of carbonyl (C=O) groups excluding carboxylic acids is 2. The van der Waals surface area contributed by atoms with Crippen LogP contribution in [0.25, 0.3) is 0 Å². The maximum absolute atomic E-state index is 13.3. The van der Waals surface area contributed by atoms with Crippen LogP contribution in [0.2, 0.25) is 5.02 Å². The fourth-order valence-corrected chi connectivity index (χ4v) is 4.20. The number of nitrogens with one attached hydrogen (secondary N) is 1. The van der Waals surface area contributed by atoms with Gasteiger partial charge in [-0.3, -0.25) is 9.59 Å². The fraction of sp³-hybridized carbons (Fsp3) is 0.208. The summed E-state index contributed by atoms with van der Waals surface area (Å²) in [6, 6.07) is 17.5. The second-order valence-corrected chi connectivity index (χ2v) is 8.07. The summed E-state index contributed by atoms with van der Waals surface area (Å²) in [6.07, 6.45) is 5.10. The molecule has 6 nitrogen and oxygen atoms in total. The molecule has 3 aromatic rings. The van der Waals surface area contributed by atoms with E-state index in [9.17, 15) is 9.59 Å². The molecule has 1 heterocycles. The van der Waals surface area contributed by atoms with Crippen LogP contribution in [0.1, 0.15) is 41.6 Å². The number of amides is 2. The van der Waals surface area contributed by atoms with E-state index in [1.807, 2.05) is 24.3 Å². The lowest BCUT2D eigenvalue weighted by molar-refractivity contribution is -0.121. The smallest absolute Gasteiger partial charge is 0.248 e. The van der Waals surface area contributed by atoms with Crippen molar-refractivity contribution in [2.45, 2.75) is 31.1 Å². The number of hydrogen-bond donors (Lipinski definition) is 2. The maximum atomic E-state index is 13.3. The lowest BCUT2D eigenvalue weighted by Gasteiger charge is -2.28. The van der Waals surface area contributed by atoms with Gasteiger partial charge in [0.05, 0.1) is 17.3 Å². The summed E-state index contributed by atoms with van der Waals surface area (Å²) in [5, 5.41) is 3.62. The highest BCUT2D eigenvalue weighted by atomic mass is 35.5. The Morgan fingerprint density at radius 2 is 1.81 bits per heavy atom. The lowest BCUT2D eigenvalue weighted by atomic mass is 9.78. The fourth-order valence-electron chi connectivity index (χ4n) is 4.01. The molecule has 0 saturated heterocycles. The molecule has 1 aromatic heterocycles. The van der Waals surface area contributed by atoms with Crippen molar-refractivity contribution in [1.82, 2.24) is 4.98 Å². The molecule has 7 heteroatoms. The van der Waals surface area contributed by atoms with Crippen LogP contribution in [0.15, 0.2) is 66.9 Å². The Bertz CT molecular complexity index is 1110. The minimum atomic E-state index is -0.588. The molecule has 2 aromatic carbocycles. The predicted octanol–water partition coefficient (Wildman–Crippen LogP) is 5.08. The summed E-state index contributed by atoms with van der Waals surface area (Å²) in [7, 11) is 0. The van der Waals surface area contributed by atoms with Crippen molar-refractivity contribution in [2.24, 2.45) is 5.73 Å². The Morgan fingerprint density at radius 3 is 2.48 bits per heavy atom. The standard InChI is InChI=1S/C24H22ClN3O3/c25-18-7-4-6-17(14-18)24(11-1-2-12-24)23(30)28-19-9-10-21(27-15-19)31-20-8-3-5-16(13-20)22(26)29/h3-10,13-15H,1-2,11-12H2,(H2,26,29)(H,28,30). The van der Waals surface area contributed by atoms with Crippen LogP contribution in [-0.2, 0) is 10.2 Å². The van der Waals surface area contributed by atoms with Gasteiger partial charge in [0, 0.05) is 16.7 Å². The zero-order valence-corrected chi connectivity index (χ0v) is 17.6. The Labute approximate surface area is 185 Å². The summed E-state index contributed by atoms with van der Waals surface area (Å²) in [5.41, 5.74) is 6.58. The van der Waals surface area contributed by atoms with Gasteiger partial charge in [0.25, 0.3) is 0 Å². The number of aromatic nitrogens is 1. The average Bonchev–Trinajstić information content (AvgIpc) is 3.27. The number of nitrogens with two attached hydrogens (primary N) is 1. The highest BCUT2D eigenvalue weighted by molar-refractivity contribution is 6.30. The van der Waals surface area contributed by atoms with Crippen LogP contribution in [0.5, 0.6) is 11.6 Å². The normalized spacial score (nSPS) is 14.7. The Morgan fingerprint density at radius 1 is 1.03 bits per heavy atom. The van der Waals surface area contributed by atoms with Gasteiger partial charge in [0.15, 0.2) is 0 Å². The van der Waals surface area contributed by atoms with Crippen LogP contribution >= 0.6 is 11.6 Å². The van der Waals surface area contributed by atoms with Gasteiger partial charge in [-0.15, -0.1) is 0 Å². The number of carbonyl (C=O) groups is 2. The highest BCUT2D eigenvalue weighted by Gasteiger charge is 2.42. The number of anilines is 1. The van der Waals surface area contributed by atoms with Crippen LogP contribution < -0.4 is 15.8 Å². The van der Waals surface area contributed by atoms with E-state index < -0.39 is 11.3 Å². The number of primary amides is 1. The van der Waals surface area contributed by atoms with Crippen molar-refractivity contribution in [1.29, 1.82) is 0 Å². The topological polar surface area (TPSA) is 94.3 Å². The first-order chi connectivity index (χ1) is 15.0. The summed E-state index contributed by atoms with van der Waals surface area (Å²) in [4.78, 5) is 28.8. The molecule has 1 aliphatic rings. The molecule has 0 unspecified atom stereocenters. The average molecular weight is 436 g/mol. The van der Waals surface area contributed by atoms with Gasteiger partial charge in [-0.2, -0.15) is 0 Å². The second-order valence-electron chi connectivity index (χ2n) is 7.63. The predicted molar refractivity (Wildman–Crippen MR) is 119 cm³/mol. The first-order valence-corrected chi connectivity index (χ1v) is 10.5. The van der Waals surface area contributed by atoms with Crippen molar-refractivity contribution in [3.8, 4) is 11.6 Å². The Kier molecular flexibility index (Phi) is 5.91. The van der Waals surface area contributed by atoms with E-state index in [-0.39, 0.29) is 5.91 Å². The number of halogens is 1. The van der Waals surface area contributed by atoms with Crippen molar-refractivity contribution in [3.63, 3.8) is 0 Å². The minimum absolute atomic E-state index is 0.0584. The molecule has 1 fully saturated rings. The van der Waals surface area contributed by atoms with E-state index in [2.05, 4.69) is 10.3 Å². The van der Waals surface area contributed by atoms with E-state index in [1.54, 1.807) is 42.6 Å². The minimum Gasteiger partial charge on any atom is -0.439 e. The summed E-state index contributed by atoms with van der Waals surface area (Å²) < 4.78 is 5.69. The molecule has 158 valence electrons. The number of nitrogens with zero attached hydrogens (tertiary/aromatic N) is 1. The molecule has 2 amide bonds. The summed E-state index contributed by atoms with van der Waals surface area (Å²) in [5.74, 6) is 0.199. The molecule has 0 radical (unpaired) electrons. The van der Waals surface area contributed by atoms with Crippen LogP contribution in [0.4, 0.5) is 5.69 Å². The third-order valence-electron chi connectivity index (χ3n) is 5.60. The monoisotopic (exact) mass is 435 g/mol. The Hall–Kier alpha value is -3.38. The molecule has 4 rings (SSSR count). The third kappa shape index (κ3) is 4.54. The second kappa shape index (κ2) is 8.78. The third-order valence-corrected chi connectivity index (χ3v) is 5.84. The molecule has 31 heavy (non-hydrogen) atoms. The summed E-state index contributed by atoms with van der Waals surface area (Å²) in [6.45, 7) is 0. The lowest BCUT2D eigenvalue weighted by Crippen LogP contribution is -2.38. The van der Waals surface area contributed by atoms with Gasteiger partial charge in [-0.05, 0) is 54.8 Å². The van der Waals surface area contributed by atoms with Crippen molar-refractivity contribution in [2.75, 3.05) is 5.32 Å². The maximum Gasteiger partial charge on any atom is 0.248 e. The van der Waals surface area contributed by atoms with Crippen molar-refractivity contribution in [3.05, 3.63) is 83.0 Å². The van der Waals surface area contributed by atoms with Crippen LogP contribution in [0, 0.1) is 0 Å². The van der Waals surface area contributed by atoms with Crippen molar-refractivity contribution < 1.29 is 14.3 Å². The van der Waals surface area contributed by atoms with E-state index >= 15 is 0 Å². The molecule has 3 N–H and O–H groups in total. The number of rotatable bonds is 6. The van der Waals surface area contributed by atoms with Gasteiger partial charge in [-0.25, -0.2) is 4.98 Å². The van der Waals surface area contributed by atoms with E-state index in [0.29, 0.717) is 27.9 Å². The number of pyridine rings is 1. The summed E-state index contributed by atoms with van der Waals surface area (Å²) >= 11 is 6.18. The van der Waals surface area contributed by atoms with E-state index in [4.69, 9.17) is 22.1 Å². The van der Waals surface area contributed by atoms with Crippen LogP contribution in [0.3, 0.4) is 0 Å². The van der Waals surface area contributed by atoms with Gasteiger partial charge >= 0.3 is 0 Å². The van der Waals surface area contributed by atoms with Crippen LogP contribution in [-0.4, -0.2) is 16.8 Å².